The van der Waals surface area contributed by atoms with E-state index in [4.69, 9.17) is 5.73 Å². The van der Waals surface area contributed by atoms with E-state index in [-0.39, 0.29) is 30.2 Å². The van der Waals surface area contributed by atoms with Crippen LogP contribution in [-0.2, 0) is 6.54 Å². The summed E-state index contributed by atoms with van der Waals surface area (Å²) in [5.41, 5.74) is 5.39. The third-order valence-corrected chi connectivity index (χ3v) is 1.59. The zero-order valence-corrected chi connectivity index (χ0v) is 7.41. The van der Waals surface area contributed by atoms with Gasteiger partial charge in [0.15, 0.2) is 5.82 Å². The number of rotatable bonds is 1. The van der Waals surface area contributed by atoms with Crippen LogP contribution in [-0.4, -0.2) is 19.6 Å². The van der Waals surface area contributed by atoms with E-state index in [1.165, 1.54) is 6.20 Å². The maximum absolute atomic E-state index is 11.1. The molecular formula is C6H8ClN5O. The van der Waals surface area contributed by atoms with Gasteiger partial charge < -0.3 is 10.7 Å². The van der Waals surface area contributed by atoms with Crippen LogP contribution in [0.5, 0.6) is 0 Å². The molecule has 70 valence electrons. The first-order valence-corrected chi connectivity index (χ1v) is 3.44. The molecule has 0 amide bonds. The maximum atomic E-state index is 11.1. The van der Waals surface area contributed by atoms with Crippen LogP contribution >= 0.6 is 12.4 Å². The Bertz CT molecular complexity index is 461. The van der Waals surface area contributed by atoms with Gasteiger partial charge >= 0.3 is 0 Å². The van der Waals surface area contributed by atoms with Gasteiger partial charge in [0.05, 0.1) is 6.54 Å². The summed E-state index contributed by atoms with van der Waals surface area (Å²) in [6.45, 7) is 0.268. The summed E-state index contributed by atoms with van der Waals surface area (Å²) < 4.78 is 1.57. The van der Waals surface area contributed by atoms with Gasteiger partial charge in [0, 0.05) is 12.4 Å². The summed E-state index contributed by atoms with van der Waals surface area (Å²) in [7, 11) is 0. The SMILES string of the molecule is Cl.NCc1nnc2c(=O)[nH]ccn12. The van der Waals surface area contributed by atoms with Crippen molar-refractivity contribution in [2.45, 2.75) is 6.54 Å². The van der Waals surface area contributed by atoms with Crippen molar-refractivity contribution in [1.82, 2.24) is 19.6 Å². The number of hydrogen-bond acceptors (Lipinski definition) is 4. The predicted molar refractivity (Wildman–Crippen MR) is 48.7 cm³/mol. The molecule has 0 unspecified atom stereocenters. The Labute approximate surface area is 79.2 Å². The number of H-pyrrole nitrogens is 1. The van der Waals surface area contributed by atoms with Crippen LogP contribution in [0, 0.1) is 0 Å². The summed E-state index contributed by atoms with van der Waals surface area (Å²) in [4.78, 5) is 13.6. The Morgan fingerprint density at radius 2 is 2.31 bits per heavy atom. The molecule has 0 fully saturated rings. The Morgan fingerprint density at radius 1 is 1.54 bits per heavy atom. The highest BCUT2D eigenvalue weighted by atomic mass is 35.5. The highest BCUT2D eigenvalue weighted by Crippen LogP contribution is 1.94. The summed E-state index contributed by atoms with van der Waals surface area (Å²) in [5, 5.41) is 7.42. The van der Waals surface area contributed by atoms with Crippen LogP contribution in [0.4, 0.5) is 0 Å². The molecule has 2 heterocycles. The third-order valence-electron chi connectivity index (χ3n) is 1.59. The largest absolute Gasteiger partial charge is 0.324 e. The van der Waals surface area contributed by atoms with Gasteiger partial charge in [-0.05, 0) is 0 Å². The first kappa shape index (κ1) is 9.69. The monoisotopic (exact) mass is 201 g/mol. The Hall–Kier alpha value is -1.40. The molecule has 0 radical (unpaired) electrons. The van der Waals surface area contributed by atoms with Crippen molar-refractivity contribution in [1.29, 1.82) is 0 Å². The van der Waals surface area contributed by atoms with E-state index in [0.717, 1.165) is 0 Å². The Kier molecular flexibility index (Phi) is 2.64. The quantitative estimate of drug-likeness (QED) is 0.639. The molecule has 0 saturated carbocycles. The number of aromatic nitrogens is 4. The Balaban J connectivity index is 0.000000845. The smallest absolute Gasteiger partial charge is 0.293 e. The molecule has 6 nitrogen and oxygen atoms in total. The van der Waals surface area contributed by atoms with Crippen molar-refractivity contribution in [2.75, 3.05) is 0 Å². The molecule has 0 aliphatic carbocycles. The van der Waals surface area contributed by atoms with Crippen LogP contribution in [0.15, 0.2) is 17.2 Å². The van der Waals surface area contributed by atoms with Crippen molar-refractivity contribution in [2.24, 2.45) is 5.73 Å². The van der Waals surface area contributed by atoms with Crippen LogP contribution in [0.1, 0.15) is 5.82 Å². The lowest BCUT2D eigenvalue weighted by atomic mass is 10.6. The fourth-order valence-corrected chi connectivity index (χ4v) is 1.03. The highest BCUT2D eigenvalue weighted by Gasteiger charge is 2.04. The molecule has 13 heavy (non-hydrogen) atoms. The minimum absolute atomic E-state index is 0. The van der Waals surface area contributed by atoms with Crippen LogP contribution in [0.25, 0.3) is 5.65 Å². The number of halogens is 1. The van der Waals surface area contributed by atoms with Gasteiger partial charge in [-0.1, -0.05) is 0 Å². The summed E-state index contributed by atoms with van der Waals surface area (Å²) >= 11 is 0. The van der Waals surface area contributed by atoms with E-state index >= 15 is 0 Å². The third kappa shape index (κ3) is 1.41. The number of aromatic amines is 1. The maximum Gasteiger partial charge on any atom is 0.293 e. The molecule has 2 aromatic rings. The molecule has 0 atom stereocenters. The number of nitrogens with two attached hydrogens (primary N) is 1. The van der Waals surface area contributed by atoms with Gasteiger partial charge in [-0.2, -0.15) is 0 Å². The molecule has 3 N–H and O–H groups in total. The molecule has 0 aromatic carbocycles. The topological polar surface area (TPSA) is 89.1 Å². The Morgan fingerprint density at radius 3 is 3.00 bits per heavy atom. The molecule has 0 spiro atoms. The van der Waals surface area contributed by atoms with E-state index in [9.17, 15) is 4.79 Å². The van der Waals surface area contributed by atoms with Gasteiger partial charge in [0.25, 0.3) is 5.56 Å². The van der Waals surface area contributed by atoms with Gasteiger partial charge in [-0.15, -0.1) is 22.6 Å². The van der Waals surface area contributed by atoms with Crippen LogP contribution < -0.4 is 11.3 Å². The van der Waals surface area contributed by atoms with Crippen LogP contribution in [0.2, 0.25) is 0 Å². The first-order valence-electron chi connectivity index (χ1n) is 3.44. The van der Waals surface area contributed by atoms with E-state index in [1.54, 1.807) is 10.6 Å². The van der Waals surface area contributed by atoms with Gasteiger partial charge in [0.1, 0.15) is 0 Å². The first-order chi connectivity index (χ1) is 5.83. The zero-order valence-electron chi connectivity index (χ0n) is 6.60. The van der Waals surface area contributed by atoms with E-state index < -0.39 is 0 Å². The second-order valence-electron chi connectivity index (χ2n) is 2.30. The van der Waals surface area contributed by atoms with Crippen molar-refractivity contribution < 1.29 is 0 Å². The van der Waals surface area contributed by atoms with Crippen molar-refractivity contribution >= 4 is 18.1 Å². The lowest BCUT2D eigenvalue weighted by Gasteiger charge is -1.92. The molecule has 0 saturated heterocycles. The number of fused-ring (bicyclic) bond motifs is 1. The minimum atomic E-state index is -0.260. The number of nitrogens with zero attached hydrogens (tertiary/aromatic N) is 3. The van der Waals surface area contributed by atoms with E-state index in [0.29, 0.717) is 5.82 Å². The summed E-state index contributed by atoms with van der Waals surface area (Å²) in [5.74, 6) is 0.580. The van der Waals surface area contributed by atoms with Crippen molar-refractivity contribution in [3.8, 4) is 0 Å². The molecule has 2 rings (SSSR count). The molecule has 0 aliphatic heterocycles. The molecule has 0 bridgehead atoms. The second kappa shape index (κ2) is 3.55. The van der Waals surface area contributed by atoms with Gasteiger partial charge in [0.2, 0.25) is 5.65 Å². The molecule has 7 heteroatoms. The second-order valence-corrected chi connectivity index (χ2v) is 2.30. The lowest BCUT2D eigenvalue weighted by Crippen LogP contribution is -2.10. The fraction of sp³-hybridized carbons (Fsp3) is 0.167. The average Bonchev–Trinajstić information content (AvgIpc) is 2.49. The average molecular weight is 202 g/mol. The summed E-state index contributed by atoms with van der Waals surface area (Å²) in [6, 6.07) is 0. The summed E-state index contributed by atoms with van der Waals surface area (Å²) in [6.07, 6.45) is 3.19. The van der Waals surface area contributed by atoms with Crippen molar-refractivity contribution in [3.05, 3.63) is 28.6 Å². The molecular weight excluding hydrogens is 194 g/mol. The van der Waals surface area contributed by atoms with E-state index in [1.807, 2.05) is 0 Å². The number of nitrogens with one attached hydrogen (secondary N) is 1. The molecule has 0 aliphatic rings. The number of hydrogen-bond donors (Lipinski definition) is 2. The predicted octanol–water partition coefficient (Wildman–Crippen LogP) is -0.702. The van der Waals surface area contributed by atoms with E-state index in [2.05, 4.69) is 15.2 Å². The normalized spacial score (nSPS) is 9.92. The zero-order chi connectivity index (χ0) is 8.55. The molecule has 2 aromatic heterocycles. The van der Waals surface area contributed by atoms with Crippen molar-refractivity contribution in [3.63, 3.8) is 0 Å². The standard InChI is InChI=1S/C6H7N5O.ClH/c7-3-4-9-10-5-6(12)8-1-2-11(4)5;/h1-2H,3,7H2,(H,8,12);1H. The van der Waals surface area contributed by atoms with Gasteiger partial charge in [-0.3, -0.25) is 9.20 Å². The lowest BCUT2D eigenvalue weighted by molar-refractivity contribution is 0.879. The minimum Gasteiger partial charge on any atom is -0.324 e. The highest BCUT2D eigenvalue weighted by molar-refractivity contribution is 5.85. The van der Waals surface area contributed by atoms with Crippen LogP contribution in [0.3, 0.4) is 0 Å². The fourth-order valence-electron chi connectivity index (χ4n) is 1.03. The van der Waals surface area contributed by atoms with Gasteiger partial charge in [-0.25, -0.2) is 0 Å².